The molecule has 3 unspecified atom stereocenters. The van der Waals surface area contributed by atoms with E-state index in [4.69, 9.17) is 5.73 Å². The molecule has 0 saturated heterocycles. The Morgan fingerprint density at radius 3 is 2.82 bits per heavy atom. The van der Waals surface area contributed by atoms with Gasteiger partial charge in [-0.25, -0.2) is 0 Å². The molecule has 11 heavy (non-hydrogen) atoms. The number of hydrogen-bond donors (Lipinski definition) is 2. The van der Waals surface area contributed by atoms with Crippen LogP contribution in [0.1, 0.15) is 32.1 Å². The highest BCUT2D eigenvalue weighted by molar-refractivity contribution is 5.00. The highest BCUT2D eigenvalue weighted by Gasteiger charge is 2.48. The topological polar surface area (TPSA) is 46.2 Å². The van der Waals surface area contributed by atoms with Gasteiger partial charge in [-0.2, -0.15) is 0 Å². The number of rotatable bonds is 1. The predicted octanol–water partition coefficient (Wildman–Crippen LogP) is 0.886. The quantitative estimate of drug-likeness (QED) is 0.590. The van der Waals surface area contributed by atoms with Gasteiger partial charge in [0.1, 0.15) is 0 Å². The average Bonchev–Trinajstić information content (AvgIpc) is 2.25. The lowest BCUT2D eigenvalue weighted by Crippen LogP contribution is -2.42. The van der Waals surface area contributed by atoms with Crippen molar-refractivity contribution >= 4 is 0 Å². The molecule has 64 valence electrons. The smallest absolute Gasteiger partial charge is 0.0636 e. The molecule has 0 aromatic heterocycles. The summed E-state index contributed by atoms with van der Waals surface area (Å²) in [5.41, 5.74) is 5.83. The second-order valence-corrected chi connectivity index (χ2v) is 4.20. The molecule has 2 aliphatic rings. The monoisotopic (exact) mass is 155 g/mol. The SMILES string of the molecule is NCC12CCCC(CC1)C2O. The maximum Gasteiger partial charge on any atom is 0.0636 e. The Bertz CT molecular complexity index is 156. The Balaban J connectivity index is 2.19. The zero-order valence-electron chi connectivity index (χ0n) is 6.92. The summed E-state index contributed by atoms with van der Waals surface area (Å²) in [6.45, 7) is 0.685. The molecule has 0 amide bonds. The highest BCUT2D eigenvalue weighted by Crippen LogP contribution is 2.50. The molecule has 2 nitrogen and oxygen atoms in total. The summed E-state index contributed by atoms with van der Waals surface area (Å²) < 4.78 is 0. The first-order valence-corrected chi connectivity index (χ1v) is 4.67. The molecule has 3 atom stereocenters. The van der Waals surface area contributed by atoms with Gasteiger partial charge in [0.05, 0.1) is 6.10 Å². The van der Waals surface area contributed by atoms with Gasteiger partial charge < -0.3 is 10.8 Å². The maximum atomic E-state index is 9.88. The summed E-state index contributed by atoms with van der Waals surface area (Å²) in [5.74, 6) is 0.576. The fourth-order valence-electron chi connectivity index (χ4n) is 2.89. The lowest BCUT2D eigenvalue weighted by Gasteiger charge is -2.37. The minimum absolute atomic E-state index is 0.0822. The molecular weight excluding hydrogens is 138 g/mol. The van der Waals surface area contributed by atoms with E-state index in [9.17, 15) is 5.11 Å². The van der Waals surface area contributed by atoms with Crippen molar-refractivity contribution in [1.29, 1.82) is 0 Å². The van der Waals surface area contributed by atoms with Gasteiger partial charge in [0.15, 0.2) is 0 Å². The van der Waals surface area contributed by atoms with Crippen LogP contribution in [-0.4, -0.2) is 17.8 Å². The molecule has 2 heteroatoms. The van der Waals surface area contributed by atoms with Crippen molar-refractivity contribution in [2.75, 3.05) is 6.54 Å². The van der Waals surface area contributed by atoms with Crippen molar-refractivity contribution in [2.24, 2.45) is 17.1 Å². The van der Waals surface area contributed by atoms with Crippen molar-refractivity contribution in [3.8, 4) is 0 Å². The van der Waals surface area contributed by atoms with Crippen molar-refractivity contribution in [2.45, 2.75) is 38.2 Å². The lowest BCUT2D eigenvalue weighted by atomic mass is 9.73. The Hall–Kier alpha value is -0.0800. The first-order chi connectivity index (χ1) is 5.28. The largest absolute Gasteiger partial charge is 0.392 e. The van der Waals surface area contributed by atoms with Crippen LogP contribution < -0.4 is 5.73 Å². The number of fused-ring (bicyclic) bond motifs is 2. The first-order valence-electron chi connectivity index (χ1n) is 4.67. The summed E-state index contributed by atoms with van der Waals surface area (Å²) in [5, 5.41) is 9.88. The van der Waals surface area contributed by atoms with Gasteiger partial charge in [-0.1, -0.05) is 6.42 Å². The van der Waals surface area contributed by atoms with Crippen LogP contribution >= 0.6 is 0 Å². The van der Waals surface area contributed by atoms with E-state index in [-0.39, 0.29) is 11.5 Å². The van der Waals surface area contributed by atoms with Crippen LogP contribution in [0.4, 0.5) is 0 Å². The zero-order valence-corrected chi connectivity index (χ0v) is 6.92. The van der Waals surface area contributed by atoms with Crippen LogP contribution in [-0.2, 0) is 0 Å². The van der Waals surface area contributed by atoms with Crippen molar-refractivity contribution in [3.63, 3.8) is 0 Å². The van der Waals surface area contributed by atoms with Crippen LogP contribution in [0.2, 0.25) is 0 Å². The minimum Gasteiger partial charge on any atom is -0.392 e. The lowest BCUT2D eigenvalue weighted by molar-refractivity contribution is -0.00271. The molecule has 2 bridgehead atoms. The fourth-order valence-corrected chi connectivity index (χ4v) is 2.89. The molecule has 0 radical (unpaired) electrons. The molecule has 2 rings (SSSR count). The normalized spacial score (nSPS) is 49.6. The van der Waals surface area contributed by atoms with E-state index < -0.39 is 0 Å². The van der Waals surface area contributed by atoms with Gasteiger partial charge in [0, 0.05) is 12.0 Å². The second-order valence-electron chi connectivity index (χ2n) is 4.20. The Morgan fingerprint density at radius 2 is 2.18 bits per heavy atom. The van der Waals surface area contributed by atoms with E-state index in [0.29, 0.717) is 12.5 Å². The van der Waals surface area contributed by atoms with E-state index in [2.05, 4.69) is 0 Å². The molecule has 0 heterocycles. The van der Waals surface area contributed by atoms with Crippen molar-refractivity contribution in [3.05, 3.63) is 0 Å². The van der Waals surface area contributed by atoms with Gasteiger partial charge >= 0.3 is 0 Å². The summed E-state index contributed by atoms with van der Waals surface area (Å²) in [6.07, 6.45) is 5.94. The van der Waals surface area contributed by atoms with Gasteiger partial charge in [0.2, 0.25) is 0 Å². The zero-order chi connectivity index (χ0) is 7.90. The standard InChI is InChI=1S/C9H17NO/c10-6-9-4-1-2-7(3-5-9)8(9)11/h7-8,11H,1-6,10H2. The molecule has 3 N–H and O–H groups in total. The summed E-state index contributed by atoms with van der Waals surface area (Å²) in [6, 6.07) is 0. The van der Waals surface area contributed by atoms with Crippen LogP contribution in [0, 0.1) is 11.3 Å². The maximum absolute atomic E-state index is 9.88. The number of hydrogen-bond acceptors (Lipinski definition) is 2. The van der Waals surface area contributed by atoms with Gasteiger partial charge in [0.25, 0.3) is 0 Å². The van der Waals surface area contributed by atoms with Gasteiger partial charge in [-0.05, 0) is 31.6 Å². The molecule has 2 fully saturated rings. The average molecular weight is 155 g/mol. The molecule has 2 aliphatic carbocycles. The summed E-state index contributed by atoms with van der Waals surface area (Å²) in [4.78, 5) is 0. The van der Waals surface area contributed by atoms with Crippen LogP contribution in [0.5, 0.6) is 0 Å². The third-order valence-electron chi connectivity index (χ3n) is 3.74. The second kappa shape index (κ2) is 2.46. The molecule has 0 aliphatic heterocycles. The van der Waals surface area contributed by atoms with Crippen LogP contribution in [0.25, 0.3) is 0 Å². The van der Waals surface area contributed by atoms with Crippen molar-refractivity contribution < 1.29 is 5.11 Å². The Kier molecular flexibility index (Phi) is 1.69. The summed E-state index contributed by atoms with van der Waals surface area (Å²) in [7, 11) is 0. The molecule has 0 aromatic carbocycles. The first kappa shape index (κ1) is 7.56. The fraction of sp³-hybridized carbons (Fsp3) is 1.00. The number of aliphatic hydroxyl groups is 1. The van der Waals surface area contributed by atoms with Gasteiger partial charge in [-0.15, -0.1) is 0 Å². The Morgan fingerprint density at radius 1 is 1.36 bits per heavy atom. The highest BCUT2D eigenvalue weighted by atomic mass is 16.3. The van der Waals surface area contributed by atoms with Crippen molar-refractivity contribution in [1.82, 2.24) is 0 Å². The molecule has 2 saturated carbocycles. The molecule has 0 spiro atoms. The van der Waals surface area contributed by atoms with Gasteiger partial charge in [-0.3, -0.25) is 0 Å². The Labute approximate surface area is 67.8 Å². The third kappa shape index (κ3) is 0.926. The van der Waals surface area contributed by atoms with E-state index in [1.165, 1.54) is 19.3 Å². The van der Waals surface area contributed by atoms with E-state index in [0.717, 1.165) is 12.8 Å². The molecule has 0 aromatic rings. The number of nitrogens with two attached hydrogens (primary N) is 1. The predicted molar refractivity (Wildman–Crippen MR) is 44.1 cm³/mol. The number of aliphatic hydroxyl groups excluding tert-OH is 1. The van der Waals surface area contributed by atoms with Crippen LogP contribution in [0.15, 0.2) is 0 Å². The van der Waals surface area contributed by atoms with E-state index in [1.807, 2.05) is 0 Å². The van der Waals surface area contributed by atoms with E-state index in [1.54, 1.807) is 0 Å². The molecular formula is C9H17NO. The van der Waals surface area contributed by atoms with E-state index >= 15 is 0 Å². The third-order valence-corrected chi connectivity index (χ3v) is 3.74. The summed E-state index contributed by atoms with van der Waals surface area (Å²) >= 11 is 0. The minimum atomic E-state index is -0.0822. The van der Waals surface area contributed by atoms with Crippen LogP contribution in [0.3, 0.4) is 0 Å².